The molecule has 1 aromatic heterocycles. The molecule has 1 rings (SSSR count). The summed E-state index contributed by atoms with van der Waals surface area (Å²) in [6, 6.07) is -0.126. The van der Waals surface area contributed by atoms with Crippen LogP contribution in [-0.2, 0) is 13.5 Å². The highest BCUT2D eigenvalue weighted by Crippen LogP contribution is 2.33. The molecule has 2 unspecified atom stereocenters. The molecule has 0 spiro atoms. The smallest absolute Gasteiger partial charge is 0.313 e. The third kappa shape index (κ3) is 2.69. The Kier molecular flexibility index (Phi) is 4.84. The molecule has 1 aromatic rings. The zero-order valence-electron chi connectivity index (χ0n) is 11.5. The SMILES string of the molecule is CCCc1nn(C)c(C(CC)C(C)N)c1[N+](=O)[O-]. The highest BCUT2D eigenvalue weighted by Gasteiger charge is 2.32. The lowest BCUT2D eigenvalue weighted by atomic mass is 9.93. The Morgan fingerprint density at radius 1 is 1.50 bits per heavy atom. The Bertz CT molecular complexity index is 426. The Balaban J connectivity index is 3.36. The van der Waals surface area contributed by atoms with Gasteiger partial charge in [-0.3, -0.25) is 14.8 Å². The quantitative estimate of drug-likeness (QED) is 0.622. The van der Waals surface area contributed by atoms with E-state index in [1.54, 1.807) is 11.7 Å². The van der Waals surface area contributed by atoms with Crippen LogP contribution < -0.4 is 5.73 Å². The van der Waals surface area contributed by atoms with E-state index in [0.29, 0.717) is 17.8 Å². The first-order chi connectivity index (χ1) is 8.43. The summed E-state index contributed by atoms with van der Waals surface area (Å²) in [6.07, 6.45) is 2.23. The van der Waals surface area contributed by atoms with Crippen LogP contribution in [0.1, 0.15) is 50.9 Å². The van der Waals surface area contributed by atoms with Crippen LogP contribution in [0, 0.1) is 10.1 Å². The maximum Gasteiger partial charge on any atom is 0.313 e. The second-order valence-corrected chi connectivity index (χ2v) is 4.69. The Hall–Kier alpha value is -1.43. The molecule has 102 valence electrons. The summed E-state index contributed by atoms with van der Waals surface area (Å²) in [5.41, 5.74) is 7.31. The van der Waals surface area contributed by atoms with Crippen LogP contribution in [0.3, 0.4) is 0 Å². The van der Waals surface area contributed by atoms with Gasteiger partial charge >= 0.3 is 5.69 Å². The first kappa shape index (κ1) is 14.6. The summed E-state index contributed by atoms with van der Waals surface area (Å²) >= 11 is 0. The van der Waals surface area contributed by atoms with E-state index in [0.717, 1.165) is 12.8 Å². The molecule has 0 aromatic carbocycles. The lowest BCUT2D eigenvalue weighted by molar-refractivity contribution is -0.386. The topological polar surface area (TPSA) is 87.0 Å². The predicted molar refractivity (Wildman–Crippen MR) is 70.5 cm³/mol. The molecule has 6 nitrogen and oxygen atoms in total. The number of nitro groups is 1. The van der Waals surface area contributed by atoms with Gasteiger partial charge < -0.3 is 5.73 Å². The van der Waals surface area contributed by atoms with Crippen LogP contribution in [0.4, 0.5) is 5.69 Å². The van der Waals surface area contributed by atoms with Crippen molar-refractivity contribution in [1.82, 2.24) is 9.78 Å². The van der Waals surface area contributed by atoms with Crippen molar-refractivity contribution < 1.29 is 4.92 Å². The van der Waals surface area contributed by atoms with Gasteiger partial charge in [-0.25, -0.2) is 0 Å². The fraction of sp³-hybridized carbons (Fsp3) is 0.750. The zero-order valence-corrected chi connectivity index (χ0v) is 11.5. The lowest BCUT2D eigenvalue weighted by Gasteiger charge is -2.18. The number of hydrogen-bond acceptors (Lipinski definition) is 4. The Labute approximate surface area is 107 Å². The van der Waals surface area contributed by atoms with Gasteiger partial charge in [0, 0.05) is 19.0 Å². The summed E-state index contributed by atoms with van der Waals surface area (Å²) < 4.78 is 1.63. The summed E-state index contributed by atoms with van der Waals surface area (Å²) in [6.45, 7) is 5.86. The number of nitrogens with zero attached hydrogens (tertiary/aromatic N) is 3. The fourth-order valence-electron chi connectivity index (χ4n) is 2.42. The number of aromatic nitrogens is 2. The molecule has 0 aliphatic heterocycles. The minimum absolute atomic E-state index is 0.0338. The second-order valence-electron chi connectivity index (χ2n) is 4.69. The van der Waals surface area contributed by atoms with E-state index in [1.165, 1.54) is 0 Å². The van der Waals surface area contributed by atoms with Crippen LogP contribution in [0.15, 0.2) is 0 Å². The van der Waals surface area contributed by atoms with E-state index < -0.39 is 0 Å². The zero-order chi connectivity index (χ0) is 13.9. The molecule has 0 radical (unpaired) electrons. The molecule has 1 heterocycles. The summed E-state index contributed by atoms with van der Waals surface area (Å²) in [5.74, 6) is -0.0338. The average molecular weight is 254 g/mol. The van der Waals surface area contributed by atoms with Gasteiger partial charge in [-0.2, -0.15) is 5.10 Å². The maximum absolute atomic E-state index is 11.3. The van der Waals surface area contributed by atoms with Crippen LogP contribution >= 0.6 is 0 Å². The van der Waals surface area contributed by atoms with E-state index >= 15 is 0 Å². The molecule has 6 heteroatoms. The van der Waals surface area contributed by atoms with Gasteiger partial charge in [-0.15, -0.1) is 0 Å². The van der Waals surface area contributed by atoms with Crippen molar-refractivity contribution in [1.29, 1.82) is 0 Å². The van der Waals surface area contributed by atoms with Gasteiger partial charge in [0.2, 0.25) is 0 Å². The molecular weight excluding hydrogens is 232 g/mol. The molecule has 0 fully saturated rings. The maximum atomic E-state index is 11.3. The van der Waals surface area contributed by atoms with Gasteiger partial charge in [-0.1, -0.05) is 20.3 Å². The van der Waals surface area contributed by atoms with Gasteiger partial charge in [-0.05, 0) is 19.8 Å². The normalized spacial score (nSPS) is 14.5. The molecular formula is C12H22N4O2. The van der Waals surface area contributed by atoms with E-state index in [9.17, 15) is 10.1 Å². The summed E-state index contributed by atoms with van der Waals surface area (Å²) in [5, 5.41) is 15.6. The number of hydrogen-bond donors (Lipinski definition) is 1. The summed E-state index contributed by atoms with van der Waals surface area (Å²) in [4.78, 5) is 11.0. The Morgan fingerprint density at radius 3 is 2.50 bits per heavy atom. The highest BCUT2D eigenvalue weighted by atomic mass is 16.6. The third-order valence-electron chi connectivity index (χ3n) is 3.23. The van der Waals surface area contributed by atoms with Crippen molar-refractivity contribution in [2.45, 2.75) is 52.0 Å². The molecule has 2 atom stereocenters. The first-order valence-corrected chi connectivity index (χ1v) is 6.39. The number of nitrogens with two attached hydrogens (primary N) is 1. The van der Waals surface area contributed by atoms with Gasteiger partial charge in [0.25, 0.3) is 0 Å². The predicted octanol–water partition coefficient (Wildman–Crippen LogP) is 2.12. The molecule has 0 aliphatic rings. The molecule has 0 saturated heterocycles. The highest BCUT2D eigenvalue weighted by molar-refractivity contribution is 5.44. The van der Waals surface area contributed by atoms with E-state index in [-0.39, 0.29) is 22.6 Å². The fourth-order valence-corrected chi connectivity index (χ4v) is 2.42. The van der Waals surface area contributed by atoms with Crippen molar-refractivity contribution in [2.24, 2.45) is 12.8 Å². The van der Waals surface area contributed by atoms with Crippen LogP contribution in [0.2, 0.25) is 0 Å². The average Bonchev–Trinajstić information content (AvgIpc) is 2.57. The molecule has 2 N–H and O–H groups in total. The van der Waals surface area contributed by atoms with E-state index in [1.807, 2.05) is 20.8 Å². The summed E-state index contributed by atoms with van der Waals surface area (Å²) in [7, 11) is 1.76. The Morgan fingerprint density at radius 2 is 2.11 bits per heavy atom. The standard InChI is InChI=1S/C12H22N4O2/c1-5-7-10-12(16(17)18)11(15(4)14-10)9(6-2)8(3)13/h8-9H,5-7,13H2,1-4H3. The molecule has 0 bridgehead atoms. The molecule has 0 amide bonds. The van der Waals surface area contributed by atoms with Gasteiger partial charge in [0.1, 0.15) is 11.4 Å². The second kappa shape index (κ2) is 5.95. The minimum atomic E-state index is -0.321. The van der Waals surface area contributed by atoms with Crippen molar-refractivity contribution in [2.75, 3.05) is 0 Å². The number of rotatable bonds is 6. The van der Waals surface area contributed by atoms with Gasteiger partial charge in [0.15, 0.2) is 0 Å². The van der Waals surface area contributed by atoms with E-state index in [2.05, 4.69) is 5.10 Å². The van der Waals surface area contributed by atoms with Crippen LogP contribution in [0.25, 0.3) is 0 Å². The largest absolute Gasteiger partial charge is 0.327 e. The minimum Gasteiger partial charge on any atom is -0.327 e. The molecule has 0 saturated carbocycles. The third-order valence-corrected chi connectivity index (χ3v) is 3.23. The van der Waals surface area contributed by atoms with Gasteiger partial charge in [0.05, 0.1) is 4.92 Å². The van der Waals surface area contributed by atoms with Crippen molar-refractivity contribution >= 4 is 5.69 Å². The molecule has 0 aliphatic carbocycles. The van der Waals surface area contributed by atoms with Crippen LogP contribution in [0.5, 0.6) is 0 Å². The van der Waals surface area contributed by atoms with E-state index in [4.69, 9.17) is 5.73 Å². The van der Waals surface area contributed by atoms with Crippen LogP contribution in [-0.4, -0.2) is 20.7 Å². The monoisotopic (exact) mass is 254 g/mol. The lowest BCUT2D eigenvalue weighted by Crippen LogP contribution is -2.26. The van der Waals surface area contributed by atoms with Crippen molar-refractivity contribution in [3.05, 3.63) is 21.5 Å². The number of aryl methyl sites for hydroxylation is 2. The molecule has 18 heavy (non-hydrogen) atoms. The first-order valence-electron chi connectivity index (χ1n) is 6.39. The van der Waals surface area contributed by atoms with Crippen molar-refractivity contribution in [3.63, 3.8) is 0 Å². The van der Waals surface area contributed by atoms with Crippen molar-refractivity contribution in [3.8, 4) is 0 Å².